The van der Waals surface area contributed by atoms with Crippen LogP contribution in [0, 0.1) is 6.92 Å². The predicted octanol–water partition coefficient (Wildman–Crippen LogP) is 5.09. The number of aryl methyl sites for hydroxylation is 2. The fourth-order valence-electron chi connectivity index (χ4n) is 2.61. The molecular formula is C21H22N2O2S. The first-order chi connectivity index (χ1) is 12.7. The van der Waals surface area contributed by atoms with Gasteiger partial charge >= 0.3 is 0 Å². The average Bonchev–Trinajstić information content (AvgIpc) is 3.10. The first-order valence-corrected chi connectivity index (χ1v) is 9.57. The summed E-state index contributed by atoms with van der Waals surface area (Å²) in [4.78, 5) is 16.6. The van der Waals surface area contributed by atoms with Gasteiger partial charge in [0.1, 0.15) is 5.75 Å². The minimum Gasteiger partial charge on any atom is -0.483 e. The molecule has 0 bridgehead atoms. The third kappa shape index (κ3) is 4.70. The molecule has 1 heterocycles. The zero-order valence-electron chi connectivity index (χ0n) is 15.0. The summed E-state index contributed by atoms with van der Waals surface area (Å²) < 4.78 is 5.56. The predicted molar refractivity (Wildman–Crippen MR) is 107 cm³/mol. The van der Waals surface area contributed by atoms with E-state index in [0.717, 1.165) is 35.4 Å². The van der Waals surface area contributed by atoms with Crippen LogP contribution in [0.1, 0.15) is 24.5 Å². The van der Waals surface area contributed by atoms with Gasteiger partial charge in [-0.3, -0.25) is 10.1 Å². The van der Waals surface area contributed by atoms with Crippen molar-refractivity contribution in [1.82, 2.24) is 4.98 Å². The molecule has 0 fully saturated rings. The van der Waals surface area contributed by atoms with Gasteiger partial charge < -0.3 is 4.74 Å². The van der Waals surface area contributed by atoms with E-state index in [-0.39, 0.29) is 12.5 Å². The quantitative estimate of drug-likeness (QED) is 0.634. The number of nitrogens with zero attached hydrogens (tertiary/aromatic N) is 1. The Kier molecular flexibility index (Phi) is 6.02. The van der Waals surface area contributed by atoms with Gasteiger partial charge in [-0.05, 0) is 30.5 Å². The molecule has 3 aromatic rings. The van der Waals surface area contributed by atoms with Crippen LogP contribution in [0.15, 0.2) is 53.9 Å². The first-order valence-electron chi connectivity index (χ1n) is 8.69. The van der Waals surface area contributed by atoms with Crippen LogP contribution in [0.4, 0.5) is 5.13 Å². The molecule has 2 aromatic carbocycles. The van der Waals surface area contributed by atoms with Crippen molar-refractivity contribution in [2.45, 2.75) is 26.7 Å². The number of thiazole rings is 1. The maximum atomic E-state index is 12.1. The number of nitrogens with one attached hydrogen (secondary N) is 1. The summed E-state index contributed by atoms with van der Waals surface area (Å²) >= 11 is 1.41. The van der Waals surface area contributed by atoms with Crippen molar-refractivity contribution < 1.29 is 9.53 Å². The van der Waals surface area contributed by atoms with Gasteiger partial charge in [0.25, 0.3) is 5.91 Å². The molecule has 0 spiro atoms. The van der Waals surface area contributed by atoms with Crippen LogP contribution in [-0.4, -0.2) is 17.5 Å². The number of ether oxygens (including phenoxy) is 1. The molecule has 0 radical (unpaired) electrons. The van der Waals surface area contributed by atoms with Crippen molar-refractivity contribution >= 4 is 22.4 Å². The van der Waals surface area contributed by atoms with E-state index in [9.17, 15) is 4.79 Å². The minimum atomic E-state index is -0.215. The van der Waals surface area contributed by atoms with Crippen molar-refractivity contribution in [3.05, 3.63) is 65.0 Å². The highest BCUT2D eigenvalue weighted by Crippen LogP contribution is 2.25. The first kappa shape index (κ1) is 18.1. The van der Waals surface area contributed by atoms with Crippen molar-refractivity contribution in [1.29, 1.82) is 0 Å². The summed E-state index contributed by atoms with van der Waals surface area (Å²) in [6.07, 6.45) is 2.22. The summed E-state index contributed by atoms with van der Waals surface area (Å²) in [7, 11) is 0. The number of carbonyl (C=O) groups excluding carboxylic acids is 1. The molecule has 0 aliphatic rings. The zero-order valence-corrected chi connectivity index (χ0v) is 15.8. The molecule has 0 saturated carbocycles. The number of hydrogen-bond donors (Lipinski definition) is 1. The Labute approximate surface area is 157 Å². The number of para-hydroxylation sites is 1. The highest BCUT2D eigenvalue weighted by atomic mass is 32.1. The summed E-state index contributed by atoms with van der Waals surface area (Å²) in [6.45, 7) is 4.09. The Morgan fingerprint density at radius 3 is 2.65 bits per heavy atom. The van der Waals surface area contributed by atoms with Crippen LogP contribution in [-0.2, 0) is 11.2 Å². The number of rotatable bonds is 7. The lowest BCUT2D eigenvalue weighted by atomic mass is 10.1. The molecule has 0 unspecified atom stereocenters. The molecule has 3 rings (SSSR count). The van der Waals surface area contributed by atoms with Crippen LogP contribution in [0.2, 0.25) is 0 Å². The highest BCUT2D eigenvalue weighted by Gasteiger charge is 2.09. The van der Waals surface area contributed by atoms with Crippen LogP contribution in [0.25, 0.3) is 11.3 Å². The molecule has 5 heteroatoms. The van der Waals surface area contributed by atoms with E-state index < -0.39 is 0 Å². The third-order valence-electron chi connectivity index (χ3n) is 3.99. The Hall–Kier alpha value is -2.66. The minimum absolute atomic E-state index is 0.0362. The van der Waals surface area contributed by atoms with Gasteiger partial charge in [0.2, 0.25) is 0 Å². The molecule has 0 atom stereocenters. The van der Waals surface area contributed by atoms with Crippen LogP contribution in [0.5, 0.6) is 5.75 Å². The van der Waals surface area contributed by atoms with E-state index in [0.29, 0.717) is 5.13 Å². The average molecular weight is 366 g/mol. The fourth-order valence-corrected chi connectivity index (χ4v) is 3.35. The summed E-state index contributed by atoms with van der Waals surface area (Å²) in [6, 6.07) is 16.0. The number of benzene rings is 2. The SMILES string of the molecule is CCCc1ccc(-c2csc(NC(=O)COc3ccccc3C)n2)cc1. The van der Waals surface area contributed by atoms with Crippen LogP contribution >= 0.6 is 11.3 Å². The van der Waals surface area contributed by atoms with Gasteiger partial charge in [0.15, 0.2) is 11.7 Å². The standard InChI is InChI=1S/C21H22N2O2S/c1-3-6-16-9-11-17(12-10-16)18-14-26-21(22-18)23-20(24)13-25-19-8-5-4-7-15(19)2/h4-5,7-12,14H,3,6,13H2,1-2H3,(H,22,23,24). The van der Waals surface area contributed by atoms with E-state index in [2.05, 4.69) is 41.5 Å². The summed E-state index contributed by atoms with van der Waals surface area (Å²) in [5.41, 5.74) is 4.25. The second-order valence-electron chi connectivity index (χ2n) is 6.09. The molecule has 1 N–H and O–H groups in total. The number of amides is 1. The van der Waals surface area contributed by atoms with E-state index in [1.165, 1.54) is 16.9 Å². The summed E-state index contributed by atoms with van der Waals surface area (Å²) in [5, 5.41) is 5.33. The topological polar surface area (TPSA) is 51.2 Å². The lowest BCUT2D eigenvalue weighted by molar-refractivity contribution is -0.118. The van der Waals surface area contributed by atoms with Crippen molar-refractivity contribution in [3.63, 3.8) is 0 Å². The Bertz CT molecular complexity index is 872. The summed E-state index contributed by atoms with van der Waals surface area (Å²) in [5.74, 6) is 0.502. The Balaban J connectivity index is 1.57. The number of anilines is 1. The second-order valence-corrected chi connectivity index (χ2v) is 6.95. The maximum Gasteiger partial charge on any atom is 0.264 e. The van der Waals surface area contributed by atoms with E-state index in [1.807, 2.05) is 36.6 Å². The van der Waals surface area contributed by atoms with Crippen LogP contribution < -0.4 is 10.1 Å². The molecular weight excluding hydrogens is 344 g/mol. The monoisotopic (exact) mass is 366 g/mol. The normalized spacial score (nSPS) is 10.5. The highest BCUT2D eigenvalue weighted by molar-refractivity contribution is 7.14. The third-order valence-corrected chi connectivity index (χ3v) is 4.75. The Morgan fingerprint density at radius 1 is 1.15 bits per heavy atom. The second kappa shape index (κ2) is 8.63. The molecule has 4 nitrogen and oxygen atoms in total. The van der Waals surface area contributed by atoms with Gasteiger partial charge in [-0.1, -0.05) is 55.8 Å². The maximum absolute atomic E-state index is 12.1. The molecule has 0 saturated heterocycles. The van der Waals surface area contributed by atoms with Gasteiger partial charge in [-0.2, -0.15) is 0 Å². The van der Waals surface area contributed by atoms with Crippen molar-refractivity contribution in [2.24, 2.45) is 0 Å². The van der Waals surface area contributed by atoms with Gasteiger partial charge in [0, 0.05) is 10.9 Å². The lowest BCUT2D eigenvalue weighted by Gasteiger charge is -2.08. The molecule has 0 aliphatic carbocycles. The van der Waals surface area contributed by atoms with E-state index >= 15 is 0 Å². The van der Waals surface area contributed by atoms with Gasteiger partial charge in [0.05, 0.1) is 5.69 Å². The largest absolute Gasteiger partial charge is 0.483 e. The molecule has 134 valence electrons. The van der Waals surface area contributed by atoms with E-state index in [4.69, 9.17) is 4.74 Å². The number of aromatic nitrogens is 1. The van der Waals surface area contributed by atoms with E-state index in [1.54, 1.807) is 0 Å². The Morgan fingerprint density at radius 2 is 1.92 bits per heavy atom. The van der Waals surface area contributed by atoms with Gasteiger partial charge in [-0.15, -0.1) is 11.3 Å². The van der Waals surface area contributed by atoms with Gasteiger partial charge in [-0.25, -0.2) is 4.98 Å². The molecule has 1 amide bonds. The number of hydrogen-bond acceptors (Lipinski definition) is 4. The zero-order chi connectivity index (χ0) is 18.4. The molecule has 0 aliphatic heterocycles. The number of carbonyl (C=O) groups is 1. The molecule has 1 aromatic heterocycles. The van der Waals surface area contributed by atoms with Crippen molar-refractivity contribution in [2.75, 3.05) is 11.9 Å². The molecule has 26 heavy (non-hydrogen) atoms. The lowest BCUT2D eigenvalue weighted by Crippen LogP contribution is -2.20. The van der Waals surface area contributed by atoms with Crippen molar-refractivity contribution in [3.8, 4) is 17.0 Å². The fraction of sp³-hybridized carbons (Fsp3) is 0.238. The van der Waals surface area contributed by atoms with Crippen LogP contribution in [0.3, 0.4) is 0 Å². The smallest absolute Gasteiger partial charge is 0.264 e.